The number of hydrogen-bond donors (Lipinski definition) is 0. The van der Waals surface area contributed by atoms with E-state index in [1.54, 1.807) is 0 Å². The molecule has 1 heteroatoms. The van der Waals surface area contributed by atoms with Gasteiger partial charge in [0, 0.05) is 10.8 Å². The zero-order valence-electron chi connectivity index (χ0n) is 18.5. The van der Waals surface area contributed by atoms with Crippen molar-refractivity contribution in [3.63, 3.8) is 0 Å². The van der Waals surface area contributed by atoms with Crippen molar-refractivity contribution in [3.05, 3.63) is 95.1 Å². The van der Waals surface area contributed by atoms with Gasteiger partial charge >= 0.3 is 0 Å². The maximum atomic E-state index is 2.41. The number of fused-ring (bicyclic) bond motifs is 11. The van der Waals surface area contributed by atoms with Crippen molar-refractivity contribution in [2.45, 2.75) is 38.5 Å². The van der Waals surface area contributed by atoms with Gasteiger partial charge in [-0.05, 0) is 55.6 Å². The third-order valence-electron chi connectivity index (χ3n) is 8.11. The average Bonchev–Trinajstić information content (AvgIpc) is 3.33. The lowest BCUT2D eigenvalue weighted by atomic mass is 9.62. The largest absolute Gasteiger partial charge is 0.193 e. The molecule has 7 rings (SSSR count). The van der Waals surface area contributed by atoms with Gasteiger partial charge in [-0.1, -0.05) is 111 Å². The number of hydrogen-bond acceptors (Lipinski definition) is 0. The minimum absolute atomic E-state index is 0.0226. The summed E-state index contributed by atoms with van der Waals surface area (Å²) in [5.41, 5.74) is 17.1. The summed E-state index contributed by atoms with van der Waals surface area (Å²) in [5.74, 6) is 0. The van der Waals surface area contributed by atoms with Crippen molar-refractivity contribution in [1.29, 1.82) is 0 Å². The SMILES string of the molecule is CC1(C)c2ccccc2-c2c1ccc1c2-c2ccc3c(c2C1(C)C)[B]c1ccccc1-3. The summed E-state index contributed by atoms with van der Waals surface area (Å²) in [7, 11) is 2.41. The minimum atomic E-state index is -0.0226. The highest BCUT2D eigenvalue weighted by Gasteiger charge is 2.45. The van der Waals surface area contributed by atoms with Crippen LogP contribution in [0.5, 0.6) is 0 Å². The molecule has 0 N–H and O–H groups in total. The van der Waals surface area contributed by atoms with Crippen LogP contribution in [0.3, 0.4) is 0 Å². The molecule has 0 nitrogen and oxygen atoms in total. The van der Waals surface area contributed by atoms with Gasteiger partial charge in [-0.2, -0.15) is 0 Å². The number of rotatable bonds is 0. The van der Waals surface area contributed by atoms with E-state index >= 15 is 0 Å². The van der Waals surface area contributed by atoms with Crippen molar-refractivity contribution in [2.75, 3.05) is 0 Å². The molecule has 0 fully saturated rings. The van der Waals surface area contributed by atoms with E-state index < -0.39 is 0 Å². The first-order valence-corrected chi connectivity index (χ1v) is 11.3. The van der Waals surface area contributed by atoms with Gasteiger partial charge in [-0.3, -0.25) is 0 Å². The fraction of sp³-hybridized carbons (Fsp3) is 0.200. The van der Waals surface area contributed by atoms with Crippen LogP contribution in [0.15, 0.2) is 72.8 Å². The van der Waals surface area contributed by atoms with E-state index in [0.29, 0.717) is 0 Å². The topological polar surface area (TPSA) is 0 Å². The predicted octanol–water partition coefficient (Wildman–Crippen LogP) is 5.93. The molecule has 31 heavy (non-hydrogen) atoms. The summed E-state index contributed by atoms with van der Waals surface area (Å²) in [6, 6.07) is 27.4. The molecule has 0 saturated carbocycles. The molecule has 1 radical (unpaired) electrons. The molecule has 4 aromatic rings. The predicted molar refractivity (Wildman–Crippen MR) is 132 cm³/mol. The Hall–Kier alpha value is -3.06. The standard InChI is InChI=1S/C30H24B/c1-29(2)21-11-7-5-10-19(21)25-22(29)15-16-23-26(25)20-14-13-18-17-9-6-8-12-24(17)31-28(18)27(20)30(23,3)4/h5-16H,1-4H3. The molecule has 0 aromatic heterocycles. The Bertz CT molecular complexity index is 1450. The van der Waals surface area contributed by atoms with Crippen LogP contribution in [0.1, 0.15) is 49.9 Å². The Morgan fingerprint density at radius 1 is 0.516 bits per heavy atom. The zero-order chi connectivity index (χ0) is 21.1. The van der Waals surface area contributed by atoms with Crippen LogP contribution < -0.4 is 10.9 Å². The van der Waals surface area contributed by atoms with E-state index in [4.69, 9.17) is 0 Å². The minimum Gasteiger partial charge on any atom is -0.0737 e. The van der Waals surface area contributed by atoms with Crippen molar-refractivity contribution < 1.29 is 0 Å². The molecule has 1 heterocycles. The average molecular weight is 395 g/mol. The highest BCUT2D eigenvalue weighted by atomic mass is 14.5. The van der Waals surface area contributed by atoms with Crippen LogP contribution in [0.25, 0.3) is 33.4 Å². The van der Waals surface area contributed by atoms with Crippen molar-refractivity contribution in [3.8, 4) is 33.4 Å². The van der Waals surface area contributed by atoms with Gasteiger partial charge in [0.1, 0.15) is 0 Å². The van der Waals surface area contributed by atoms with Gasteiger partial charge in [0.05, 0.1) is 0 Å². The van der Waals surface area contributed by atoms with Gasteiger partial charge < -0.3 is 0 Å². The van der Waals surface area contributed by atoms with Crippen molar-refractivity contribution in [1.82, 2.24) is 0 Å². The van der Waals surface area contributed by atoms with Gasteiger partial charge in [0.15, 0.2) is 7.28 Å². The van der Waals surface area contributed by atoms with Crippen LogP contribution >= 0.6 is 0 Å². The highest BCUT2D eigenvalue weighted by molar-refractivity contribution is 6.74. The van der Waals surface area contributed by atoms with Crippen LogP contribution in [-0.4, -0.2) is 7.28 Å². The fourth-order valence-corrected chi connectivity index (χ4v) is 6.64. The Kier molecular flexibility index (Phi) is 3.07. The molecular formula is C30H24B. The second kappa shape index (κ2) is 5.40. The summed E-state index contributed by atoms with van der Waals surface area (Å²) in [6.07, 6.45) is 0. The maximum absolute atomic E-state index is 2.41. The lowest BCUT2D eigenvalue weighted by Crippen LogP contribution is -2.30. The molecule has 0 bridgehead atoms. The van der Waals surface area contributed by atoms with E-state index in [0.717, 1.165) is 0 Å². The lowest BCUT2D eigenvalue weighted by Gasteiger charge is -2.25. The molecule has 2 aliphatic carbocycles. The van der Waals surface area contributed by atoms with Gasteiger partial charge in [0.25, 0.3) is 0 Å². The number of benzene rings is 4. The molecule has 0 atom stereocenters. The maximum Gasteiger partial charge on any atom is 0.193 e. The smallest absolute Gasteiger partial charge is 0.0737 e. The Morgan fingerprint density at radius 2 is 1.13 bits per heavy atom. The Morgan fingerprint density at radius 3 is 1.94 bits per heavy atom. The Balaban J connectivity index is 1.58. The molecule has 0 unspecified atom stereocenters. The van der Waals surface area contributed by atoms with Gasteiger partial charge in [-0.25, -0.2) is 0 Å². The molecule has 1 aliphatic heterocycles. The first-order chi connectivity index (χ1) is 14.9. The summed E-state index contributed by atoms with van der Waals surface area (Å²) >= 11 is 0. The van der Waals surface area contributed by atoms with Gasteiger partial charge in [0.2, 0.25) is 0 Å². The molecule has 147 valence electrons. The van der Waals surface area contributed by atoms with E-state index in [1.165, 1.54) is 66.6 Å². The quantitative estimate of drug-likeness (QED) is 0.285. The van der Waals surface area contributed by atoms with Crippen LogP contribution in [0.4, 0.5) is 0 Å². The second-order valence-electron chi connectivity index (χ2n) is 10.4. The molecule has 0 amide bonds. The fourth-order valence-electron chi connectivity index (χ4n) is 6.64. The third-order valence-corrected chi connectivity index (χ3v) is 8.11. The molecular weight excluding hydrogens is 371 g/mol. The summed E-state index contributed by atoms with van der Waals surface area (Å²) < 4.78 is 0. The molecule has 3 aliphatic rings. The van der Waals surface area contributed by atoms with E-state index in [9.17, 15) is 0 Å². The van der Waals surface area contributed by atoms with Crippen molar-refractivity contribution >= 4 is 18.2 Å². The first kappa shape index (κ1) is 17.6. The summed E-state index contributed by atoms with van der Waals surface area (Å²) in [6.45, 7) is 9.57. The lowest BCUT2D eigenvalue weighted by molar-refractivity contribution is 0.652. The first-order valence-electron chi connectivity index (χ1n) is 11.3. The molecule has 0 saturated heterocycles. The second-order valence-corrected chi connectivity index (χ2v) is 10.4. The third kappa shape index (κ3) is 1.94. The van der Waals surface area contributed by atoms with Crippen LogP contribution in [0.2, 0.25) is 0 Å². The van der Waals surface area contributed by atoms with E-state index in [2.05, 4.69) is 108 Å². The van der Waals surface area contributed by atoms with Crippen molar-refractivity contribution in [2.24, 2.45) is 0 Å². The monoisotopic (exact) mass is 395 g/mol. The van der Waals surface area contributed by atoms with Crippen LogP contribution in [0, 0.1) is 0 Å². The normalized spacial score (nSPS) is 17.2. The highest BCUT2D eigenvalue weighted by Crippen LogP contribution is 2.58. The van der Waals surface area contributed by atoms with E-state index in [1.807, 2.05) is 0 Å². The Labute approximate surface area is 185 Å². The molecule has 0 spiro atoms. The summed E-state index contributed by atoms with van der Waals surface area (Å²) in [5, 5.41) is 0. The molecule has 4 aromatic carbocycles. The van der Waals surface area contributed by atoms with E-state index in [-0.39, 0.29) is 10.8 Å². The van der Waals surface area contributed by atoms with Gasteiger partial charge in [-0.15, -0.1) is 0 Å². The van der Waals surface area contributed by atoms with Crippen LogP contribution in [-0.2, 0) is 10.8 Å². The zero-order valence-corrected chi connectivity index (χ0v) is 18.5. The summed E-state index contributed by atoms with van der Waals surface area (Å²) in [4.78, 5) is 0.